The van der Waals surface area contributed by atoms with Crippen molar-refractivity contribution in [3.8, 4) is 17.6 Å². The van der Waals surface area contributed by atoms with Gasteiger partial charge >= 0.3 is 0 Å². The molecular weight excluding hydrogens is 372 g/mol. The zero-order chi connectivity index (χ0) is 20.5. The molecule has 0 radical (unpaired) electrons. The highest BCUT2D eigenvalue weighted by Gasteiger charge is 2.12. The van der Waals surface area contributed by atoms with E-state index in [1.54, 1.807) is 24.4 Å². The number of benzene rings is 1. The number of nitrogens with one attached hydrogen (secondary N) is 1. The summed E-state index contributed by atoms with van der Waals surface area (Å²) in [5.74, 6) is 1.84. The third-order valence-corrected chi connectivity index (χ3v) is 4.47. The summed E-state index contributed by atoms with van der Waals surface area (Å²) < 4.78 is 16.2. The van der Waals surface area contributed by atoms with Crippen LogP contribution in [0.3, 0.4) is 0 Å². The van der Waals surface area contributed by atoms with E-state index in [1.807, 2.05) is 12.1 Å². The Balaban J connectivity index is 1.41. The second-order valence-electron chi connectivity index (χ2n) is 6.48. The first kappa shape index (κ1) is 20.4. The standard InChI is InChI=1S/C21H24N4O4/c1-27-19-13-16(14-22)4-6-18(19)29-10-2-3-21(26)24-17-5-7-20(23-15-17)25-8-11-28-12-9-25/h4-7,13,15H,2-3,8-12H2,1H3,(H,24,26). The quantitative estimate of drug-likeness (QED) is 0.685. The van der Waals surface area contributed by atoms with E-state index in [2.05, 4.69) is 21.3 Å². The molecule has 1 aliphatic heterocycles. The summed E-state index contributed by atoms with van der Waals surface area (Å²) in [6.07, 6.45) is 2.54. The molecule has 0 aliphatic carbocycles. The number of pyridine rings is 1. The lowest BCUT2D eigenvalue weighted by Gasteiger charge is -2.27. The van der Waals surface area contributed by atoms with E-state index in [9.17, 15) is 4.79 Å². The molecule has 1 aliphatic rings. The van der Waals surface area contributed by atoms with E-state index >= 15 is 0 Å². The third-order valence-electron chi connectivity index (χ3n) is 4.47. The fraction of sp³-hybridized carbons (Fsp3) is 0.381. The van der Waals surface area contributed by atoms with Crippen LogP contribution in [0.4, 0.5) is 11.5 Å². The number of hydrogen-bond acceptors (Lipinski definition) is 7. The van der Waals surface area contributed by atoms with Gasteiger partial charge in [-0.2, -0.15) is 5.26 Å². The lowest BCUT2D eigenvalue weighted by Crippen LogP contribution is -2.36. The molecule has 0 atom stereocenters. The molecule has 3 rings (SSSR count). The lowest BCUT2D eigenvalue weighted by molar-refractivity contribution is -0.116. The van der Waals surface area contributed by atoms with Crippen LogP contribution >= 0.6 is 0 Å². The van der Waals surface area contributed by atoms with Gasteiger partial charge in [0.05, 0.1) is 50.4 Å². The van der Waals surface area contributed by atoms with Crippen LogP contribution in [0.2, 0.25) is 0 Å². The number of rotatable bonds is 8. The van der Waals surface area contributed by atoms with Gasteiger partial charge in [0, 0.05) is 25.6 Å². The highest BCUT2D eigenvalue weighted by molar-refractivity contribution is 5.90. The average Bonchev–Trinajstić information content (AvgIpc) is 2.78. The summed E-state index contributed by atoms with van der Waals surface area (Å²) in [5.41, 5.74) is 1.17. The minimum Gasteiger partial charge on any atom is -0.493 e. The van der Waals surface area contributed by atoms with Gasteiger partial charge in [0.25, 0.3) is 0 Å². The van der Waals surface area contributed by atoms with E-state index in [4.69, 9.17) is 19.5 Å². The van der Waals surface area contributed by atoms with Crippen LogP contribution < -0.4 is 19.7 Å². The second-order valence-corrected chi connectivity index (χ2v) is 6.48. The zero-order valence-corrected chi connectivity index (χ0v) is 16.4. The Morgan fingerprint density at radius 2 is 2.10 bits per heavy atom. The van der Waals surface area contributed by atoms with Gasteiger partial charge in [0.2, 0.25) is 5.91 Å². The first-order valence-corrected chi connectivity index (χ1v) is 9.49. The number of ether oxygens (including phenoxy) is 3. The van der Waals surface area contributed by atoms with Gasteiger partial charge in [-0.25, -0.2) is 4.98 Å². The zero-order valence-electron chi connectivity index (χ0n) is 16.4. The molecule has 0 spiro atoms. The van der Waals surface area contributed by atoms with Gasteiger partial charge in [0.15, 0.2) is 11.5 Å². The van der Waals surface area contributed by atoms with Crippen LogP contribution in [0, 0.1) is 11.3 Å². The number of nitrogens with zero attached hydrogens (tertiary/aromatic N) is 3. The summed E-state index contributed by atoms with van der Waals surface area (Å²) in [6.45, 7) is 3.42. The molecule has 8 nitrogen and oxygen atoms in total. The maximum Gasteiger partial charge on any atom is 0.224 e. The van der Waals surface area contributed by atoms with Crippen LogP contribution in [-0.2, 0) is 9.53 Å². The first-order chi connectivity index (χ1) is 14.2. The Morgan fingerprint density at radius 3 is 2.79 bits per heavy atom. The maximum atomic E-state index is 12.1. The number of hydrogen-bond donors (Lipinski definition) is 1. The van der Waals surface area contributed by atoms with Gasteiger partial charge in [-0.3, -0.25) is 4.79 Å². The SMILES string of the molecule is COc1cc(C#N)ccc1OCCCC(=O)Nc1ccc(N2CCOCC2)nc1. The Hall–Kier alpha value is -3.31. The lowest BCUT2D eigenvalue weighted by atomic mass is 10.2. The average molecular weight is 396 g/mol. The number of anilines is 2. The molecule has 8 heteroatoms. The van der Waals surface area contributed by atoms with E-state index in [0.717, 1.165) is 18.9 Å². The van der Waals surface area contributed by atoms with Crippen LogP contribution in [-0.4, -0.2) is 50.9 Å². The van der Waals surface area contributed by atoms with Crippen LogP contribution in [0.5, 0.6) is 11.5 Å². The molecule has 1 aromatic heterocycles. The van der Waals surface area contributed by atoms with E-state index < -0.39 is 0 Å². The smallest absolute Gasteiger partial charge is 0.224 e. The fourth-order valence-electron chi connectivity index (χ4n) is 2.93. The van der Waals surface area contributed by atoms with Crippen molar-refractivity contribution in [1.29, 1.82) is 5.26 Å². The van der Waals surface area contributed by atoms with Crippen molar-refractivity contribution in [2.24, 2.45) is 0 Å². The van der Waals surface area contributed by atoms with E-state index in [0.29, 0.717) is 55.4 Å². The molecule has 152 valence electrons. The van der Waals surface area contributed by atoms with Crippen molar-refractivity contribution >= 4 is 17.4 Å². The summed E-state index contributed by atoms with van der Waals surface area (Å²) in [7, 11) is 1.52. The minimum absolute atomic E-state index is 0.0960. The number of methoxy groups -OCH3 is 1. The largest absolute Gasteiger partial charge is 0.493 e. The highest BCUT2D eigenvalue weighted by atomic mass is 16.5. The molecule has 0 saturated carbocycles. The molecule has 2 aromatic rings. The highest BCUT2D eigenvalue weighted by Crippen LogP contribution is 2.28. The fourth-order valence-corrected chi connectivity index (χ4v) is 2.93. The molecular formula is C21H24N4O4. The number of amides is 1. The topological polar surface area (TPSA) is 96.7 Å². The Labute approximate surface area is 170 Å². The van der Waals surface area contributed by atoms with E-state index in [-0.39, 0.29) is 5.91 Å². The van der Waals surface area contributed by atoms with Crippen molar-refractivity contribution in [3.05, 3.63) is 42.1 Å². The second kappa shape index (κ2) is 10.3. The first-order valence-electron chi connectivity index (χ1n) is 9.49. The van der Waals surface area contributed by atoms with Gasteiger partial charge in [-0.15, -0.1) is 0 Å². The third kappa shape index (κ3) is 5.83. The van der Waals surface area contributed by atoms with Crippen LogP contribution in [0.25, 0.3) is 0 Å². The molecule has 1 saturated heterocycles. The minimum atomic E-state index is -0.0960. The van der Waals surface area contributed by atoms with Crippen molar-refractivity contribution in [3.63, 3.8) is 0 Å². The Bertz CT molecular complexity index is 858. The van der Waals surface area contributed by atoms with Crippen molar-refractivity contribution < 1.29 is 19.0 Å². The molecule has 2 heterocycles. The van der Waals surface area contributed by atoms with Gasteiger partial charge in [-0.1, -0.05) is 0 Å². The predicted molar refractivity (Wildman–Crippen MR) is 108 cm³/mol. The number of carbonyl (C=O) groups excluding carboxylic acids is 1. The number of aromatic nitrogens is 1. The molecule has 1 fully saturated rings. The molecule has 1 N–H and O–H groups in total. The predicted octanol–water partition coefficient (Wildman–Crippen LogP) is 2.60. The number of nitriles is 1. The van der Waals surface area contributed by atoms with Gasteiger partial charge in [0.1, 0.15) is 5.82 Å². The van der Waals surface area contributed by atoms with Gasteiger partial charge in [-0.05, 0) is 30.7 Å². The normalized spacial score (nSPS) is 13.4. The number of morpholine rings is 1. The maximum absolute atomic E-state index is 12.1. The van der Waals surface area contributed by atoms with E-state index in [1.165, 1.54) is 7.11 Å². The molecule has 29 heavy (non-hydrogen) atoms. The summed E-state index contributed by atoms with van der Waals surface area (Å²) >= 11 is 0. The van der Waals surface area contributed by atoms with Gasteiger partial charge < -0.3 is 24.4 Å². The molecule has 1 amide bonds. The van der Waals surface area contributed by atoms with Crippen molar-refractivity contribution in [2.75, 3.05) is 50.2 Å². The summed E-state index contributed by atoms with van der Waals surface area (Å²) in [6, 6.07) is 10.8. The summed E-state index contributed by atoms with van der Waals surface area (Å²) in [4.78, 5) is 18.7. The molecule has 0 bridgehead atoms. The molecule has 1 aromatic carbocycles. The summed E-state index contributed by atoms with van der Waals surface area (Å²) in [5, 5.41) is 11.8. The number of carbonyl (C=O) groups is 1. The van der Waals surface area contributed by atoms with Crippen molar-refractivity contribution in [1.82, 2.24) is 4.98 Å². The van der Waals surface area contributed by atoms with Crippen molar-refractivity contribution in [2.45, 2.75) is 12.8 Å². The van der Waals surface area contributed by atoms with Crippen LogP contribution in [0.15, 0.2) is 36.5 Å². The Morgan fingerprint density at radius 1 is 1.28 bits per heavy atom. The monoisotopic (exact) mass is 396 g/mol. The van der Waals surface area contributed by atoms with Crippen LogP contribution in [0.1, 0.15) is 18.4 Å². The Kier molecular flexibility index (Phi) is 7.25. The molecule has 0 unspecified atom stereocenters.